The topological polar surface area (TPSA) is 0 Å². The molecule has 0 aromatic carbocycles. The fourth-order valence-corrected chi connectivity index (χ4v) is 3.94. The number of rotatable bonds is 13. The molecule has 0 aliphatic heterocycles. The molecule has 0 fully saturated rings. The van der Waals surface area contributed by atoms with Crippen LogP contribution in [0.2, 0.25) is 0 Å². The molecule has 1 atom stereocenters. The third-order valence-electron chi connectivity index (χ3n) is 3.69. The Balaban J connectivity index is 4.89. The van der Waals surface area contributed by atoms with Crippen molar-refractivity contribution in [3.63, 3.8) is 0 Å². The number of alkyl halides is 1. The van der Waals surface area contributed by atoms with Gasteiger partial charge in [0.15, 0.2) is 0 Å². The number of halogens is 1. The molecule has 0 aromatic heterocycles. The van der Waals surface area contributed by atoms with Crippen LogP contribution in [0.3, 0.4) is 0 Å². The van der Waals surface area contributed by atoms with Crippen molar-refractivity contribution in [2.24, 2.45) is 5.92 Å². The summed E-state index contributed by atoms with van der Waals surface area (Å²) in [6, 6.07) is 0. The summed E-state index contributed by atoms with van der Waals surface area (Å²) in [5.41, 5.74) is 1.64. The highest BCUT2D eigenvalue weighted by Gasteiger charge is 2.12. The maximum Gasteiger partial charge on any atom is 0.00638 e. The molecule has 21 heavy (non-hydrogen) atoms. The molecule has 0 rings (SSSR count). The second-order valence-corrected chi connectivity index (χ2v) is 7.49. The van der Waals surface area contributed by atoms with Crippen LogP contribution >= 0.6 is 27.7 Å². The maximum atomic E-state index is 3.80. The van der Waals surface area contributed by atoms with E-state index in [0.717, 1.165) is 17.0 Å². The Morgan fingerprint density at radius 3 is 2.48 bits per heavy atom. The van der Waals surface area contributed by atoms with Gasteiger partial charge in [0.1, 0.15) is 0 Å². The first kappa shape index (κ1) is 21.0. The first-order valence-corrected chi connectivity index (χ1v) is 10.5. The summed E-state index contributed by atoms with van der Waals surface area (Å²) in [6.07, 6.45) is 15.3. The van der Waals surface area contributed by atoms with E-state index in [1.54, 1.807) is 5.57 Å². The Labute approximate surface area is 145 Å². The van der Waals surface area contributed by atoms with Gasteiger partial charge in [0.25, 0.3) is 0 Å². The van der Waals surface area contributed by atoms with E-state index >= 15 is 0 Å². The van der Waals surface area contributed by atoms with Crippen molar-refractivity contribution in [3.05, 3.63) is 35.3 Å². The zero-order valence-electron chi connectivity index (χ0n) is 14.2. The molecule has 1 unspecified atom stereocenters. The van der Waals surface area contributed by atoms with Crippen molar-refractivity contribution in [1.82, 2.24) is 0 Å². The van der Waals surface area contributed by atoms with Gasteiger partial charge in [0.2, 0.25) is 0 Å². The number of hydrogen-bond acceptors (Lipinski definition) is 1. The Bertz CT molecular complexity index is 318. The maximum absolute atomic E-state index is 3.80. The van der Waals surface area contributed by atoms with E-state index in [1.165, 1.54) is 49.9 Å². The average molecular weight is 373 g/mol. The fraction of sp³-hybridized carbons (Fsp3) is 0.684. The lowest BCUT2D eigenvalue weighted by molar-refractivity contribution is 0.423. The van der Waals surface area contributed by atoms with E-state index < -0.39 is 0 Å². The van der Waals surface area contributed by atoms with Gasteiger partial charge in [-0.15, -0.1) is 11.8 Å². The number of unbranched alkanes of at least 4 members (excludes halogenated alkanes) is 1. The van der Waals surface area contributed by atoms with Gasteiger partial charge in [0, 0.05) is 10.2 Å². The highest BCUT2D eigenvalue weighted by Crippen LogP contribution is 2.31. The number of thioether (sulfide) groups is 1. The minimum absolute atomic E-state index is 0.855. The summed E-state index contributed by atoms with van der Waals surface area (Å²) in [5, 5.41) is 1.14. The standard InChI is InChI=1S/C19H33BrS/c1-5-9-14-19(21-8-4)18(7-3)16-17(12-6-2)13-10-11-15-20/h5,9,14,17H,1,6-8,10-13,15-16H2,2-4H3/b14-9-,19-18-. The van der Waals surface area contributed by atoms with Gasteiger partial charge >= 0.3 is 0 Å². The van der Waals surface area contributed by atoms with Crippen molar-refractivity contribution in [2.45, 2.75) is 65.7 Å². The van der Waals surface area contributed by atoms with Crippen molar-refractivity contribution < 1.29 is 0 Å². The predicted molar refractivity (Wildman–Crippen MR) is 105 cm³/mol. The van der Waals surface area contributed by atoms with Crippen LogP contribution in [0.1, 0.15) is 65.7 Å². The third kappa shape index (κ3) is 10.4. The van der Waals surface area contributed by atoms with Crippen LogP contribution in [0.4, 0.5) is 0 Å². The zero-order chi connectivity index (χ0) is 15.9. The van der Waals surface area contributed by atoms with Gasteiger partial charge in [-0.25, -0.2) is 0 Å². The summed E-state index contributed by atoms with van der Waals surface area (Å²) < 4.78 is 0. The molecular weight excluding hydrogens is 340 g/mol. The highest BCUT2D eigenvalue weighted by molar-refractivity contribution is 9.09. The second-order valence-electron chi connectivity index (χ2n) is 5.39. The van der Waals surface area contributed by atoms with Crippen LogP contribution in [0.25, 0.3) is 0 Å². The second kappa shape index (κ2) is 15.0. The normalized spacial score (nSPS) is 14.3. The van der Waals surface area contributed by atoms with Crippen molar-refractivity contribution in [2.75, 3.05) is 11.1 Å². The lowest BCUT2D eigenvalue weighted by atomic mass is 9.89. The van der Waals surface area contributed by atoms with E-state index in [0.29, 0.717) is 0 Å². The molecule has 0 saturated carbocycles. The van der Waals surface area contributed by atoms with Crippen molar-refractivity contribution >= 4 is 27.7 Å². The molecule has 0 heterocycles. The largest absolute Gasteiger partial charge is 0.127 e. The molecular formula is C19H33BrS. The first-order chi connectivity index (χ1) is 10.2. The average Bonchev–Trinajstić information content (AvgIpc) is 2.49. The van der Waals surface area contributed by atoms with E-state index in [4.69, 9.17) is 0 Å². The lowest BCUT2D eigenvalue weighted by Crippen LogP contribution is -2.03. The Hall–Kier alpha value is 0.0500. The van der Waals surface area contributed by atoms with Crippen LogP contribution < -0.4 is 0 Å². The smallest absolute Gasteiger partial charge is 0.00638 e. The first-order valence-electron chi connectivity index (χ1n) is 8.43. The molecule has 0 aliphatic rings. The van der Waals surface area contributed by atoms with Crippen molar-refractivity contribution in [3.8, 4) is 0 Å². The minimum atomic E-state index is 0.855. The van der Waals surface area contributed by atoms with E-state index in [1.807, 2.05) is 17.8 Å². The van der Waals surface area contributed by atoms with Crippen LogP contribution in [-0.4, -0.2) is 11.1 Å². The monoisotopic (exact) mass is 372 g/mol. The lowest BCUT2D eigenvalue weighted by Gasteiger charge is -2.19. The predicted octanol–water partition coefficient (Wildman–Crippen LogP) is 7.52. The third-order valence-corrected chi connectivity index (χ3v) is 5.27. The fourth-order valence-electron chi connectivity index (χ4n) is 2.63. The molecule has 0 aromatic rings. The van der Waals surface area contributed by atoms with Gasteiger partial charge < -0.3 is 0 Å². The Morgan fingerprint density at radius 2 is 1.95 bits per heavy atom. The minimum Gasteiger partial charge on any atom is -0.127 e. The van der Waals surface area contributed by atoms with Crippen LogP contribution in [-0.2, 0) is 0 Å². The molecule has 0 amide bonds. The number of hydrogen-bond donors (Lipinski definition) is 0. The molecule has 0 saturated heterocycles. The zero-order valence-corrected chi connectivity index (χ0v) is 16.6. The van der Waals surface area contributed by atoms with Crippen molar-refractivity contribution in [1.29, 1.82) is 0 Å². The Kier molecular flexibility index (Phi) is 15.0. The van der Waals surface area contributed by atoms with Gasteiger partial charge in [-0.1, -0.05) is 86.7 Å². The molecule has 0 spiro atoms. The van der Waals surface area contributed by atoms with E-state index in [9.17, 15) is 0 Å². The molecule has 0 bridgehead atoms. The van der Waals surface area contributed by atoms with Gasteiger partial charge in [0.05, 0.1) is 0 Å². The highest BCUT2D eigenvalue weighted by atomic mass is 79.9. The Morgan fingerprint density at radius 1 is 1.19 bits per heavy atom. The molecule has 0 N–H and O–H groups in total. The molecule has 2 heteroatoms. The van der Waals surface area contributed by atoms with Gasteiger partial charge in [-0.05, 0) is 37.0 Å². The van der Waals surface area contributed by atoms with Crippen LogP contribution in [0.15, 0.2) is 35.3 Å². The molecule has 0 aliphatic carbocycles. The summed E-state index contributed by atoms with van der Waals surface area (Å²) in [4.78, 5) is 1.47. The summed E-state index contributed by atoms with van der Waals surface area (Å²) in [7, 11) is 0. The van der Waals surface area contributed by atoms with Crippen LogP contribution in [0.5, 0.6) is 0 Å². The quantitative estimate of drug-likeness (QED) is 0.183. The summed E-state index contributed by atoms with van der Waals surface area (Å²) >= 11 is 5.52. The SMILES string of the molecule is C=C/C=C\C(SCC)=C(/CC)CC(CCC)CCCCBr. The molecule has 0 radical (unpaired) electrons. The molecule has 122 valence electrons. The van der Waals surface area contributed by atoms with E-state index in [-0.39, 0.29) is 0 Å². The van der Waals surface area contributed by atoms with E-state index in [2.05, 4.69) is 55.4 Å². The molecule has 0 nitrogen and oxygen atoms in total. The summed E-state index contributed by atoms with van der Waals surface area (Å²) in [5.74, 6) is 2.00. The number of allylic oxidation sites excluding steroid dienone is 4. The van der Waals surface area contributed by atoms with Crippen LogP contribution in [0, 0.1) is 5.92 Å². The van der Waals surface area contributed by atoms with Gasteiger partial charge in [-0.2, -0.15) is 0 Å². The summed E-state index contributed by atoms with van der Waals surface area (Å²) in [6.45, 7) is 10.6. The van der Waals surface area contributed by atoms with Gasteiger partial charge in [-0.3, -0.25) is 0 Å².